The predicted molar refractivity (Wildman–Crippen MR) is 94.9 cm³/mol. The molecule has 2 aliphatic rings. The van der Waals surface area contributed by atoms with Gasteiger partial charge in [-0.3, -0.25) is 4.79 Å². The molecule has 1 aliphatic carbocycles. The van der Waals surface area contributed by atoms with Crippen molar-refractivity contribution in [1.29, 1.82) is 0 Å². The fourth-order valence-corrected chi connectivity index (χ4v) is 3.80. The highest BCUT2D eigenvalue weighted by Gasteiger charge is 2.62. The summed E-state index contributed by atoms with van der Waals surface area (Å²) < 4.78 is 29.2. The van der Waals surface area contributed by atoms with Gasteiger partial charge in [0.15, 0.2) is 0 Å². The minimum atomic E-state index is -2.81. The summed E-state index contributed by atoms with van der Waals surface area (Å²) >= 11 is 0. The van der Waals surface area contributed by atoms with Crippen LogP contribution in [0.1, 0.15) is 25.1 Å². The number of rotatable bonds is 4. The monoisotopic (exact) mass is 376 g/mol. The Balaban J connectivity index is 1.44. The maximum atomic E-state index is 13.1. The lowest BCUT2D eigenvalue weighted by atomic mass is 9.93. The first-order valence-corrected chi connectivity index (χ1v) is 9.24. The van der Waals surface area contributed by atoms with Crippen molar-refractivity contribution in [2.24, 2.45) is 18.9 Å². The van der Waals surface area contributed by atoms with Crippen molar-refractivity contribution in [2.75, 3.05) is 13.1 Å². The van der Waals surface area contributed by atoms with Crippen LogP contribution >= 0.6 is 0 Å². The summed E-state index contributed by atoms with van der Waals surface area (Å²) in [4.78, 5) is 26.1. The molecule has 1 aromatic heterocycles. The molecule has 0 bridgehead atoms. The highest BCUT2D eigenvalue weighted by atomic mass is 19.3. The standard InChI is InChI=1S/C19H22F2N4O2/c1-23-18(27)25(14-5-3-2-4-6-14)16(22-23)11-13-7-9-24(10-8-13)17(26)15-12-19(15,20)21/h2-6,13,15H,7-12H2,1H3. The Kier molecular flexibility index (Phi) is 4.36. The number of hydrogen-bond donors (Lipinski definition) is 0. The molecule has 2 heterocycles. The maximum absolute atomic E-state index is 13.1. The van der Waals surface area contributed by atoms with E-state index in [-0.39, 0.29) is 18.0 Å². The third-order valence-electron chi connectivity index (χ3n) is 5.53. The quantitative estimate of drug-likeness (QED) is 0.820. The molecule has 1 aliphatic heterocycles. The number of halogens is 2. The number of aromatic nitrogens is 3. The summed E-state index contributed by atoms with van der Waals surface area (Å²) in [5, 5.41) is 4.38. The number of carbonyl (C=O) groups excluding carboxylic acids is 1. The lowest BCUT2D eigenvalue weighted by Crippen LogP contribution is -2.40. The maximum Gasteiger partial charge on any atom is 0.350 e. The van der Waals surface area contributed by atoms with Crippen LogP contribution < -0.4 is 5.69 Å². The summed E-state index contributed by atoms with van der Waals surface area (Å²) in [6.45, 7) is 0.969. The molecule has 1 atom stereocenters. The van der Waals surface area contributed by atoms with Gasteiger partial charge in [-0.25, -0.2) is 22.8 Å². The van der Waals surface area contributed by atoms with Crippen LogP contribution in [0.25, 0.3) is 5.69 Å². The van der Waals surface area contributed by atoms with E-state index < -0.39 is 17.7 Å². The van der Waals surface area contributed by atoms with Crippen molar-refractivity contribution in [3.63, 3.8) is 0 Å². The second kappa shape index (κ2) is 6.58. The molecule has 1 saturated carbocycles. The number of para-hydroxylation sites is 1. The normalized spacial score (nSPS) is 22.0. The first-order valence-electron chi connectivity index (χ1n) is 9.24. The van der Waals surface area contributed by atoms with Gasteiger partial charge in [-0.2, -0.15) is 5.10 Å². The van der Waals surface area contributed by atoms with E-state index >= 15 is 0 Å². The van der Waals surface area contributed by atoms with E-state index in [0.717, 1.165) is 18.5 Å². The number of hydrogen-bond acceptors (Lipinski definition) is 3. The number of amides is 1. The molecule has 1 unspecified atom stereocenters. The Labute approximate surface area is 155 Å². The van der Waals surface area contributed by atoms with E-state index in [9.17, 15) is 18.4 Å². The smallest absolute Gasteiger partial charge is 0.342 e. The third-order valence-corrected chi connectivity index (χ3v) is 5.53. The average Bonchev–Trinajstić information content (AvgIpc) is 3.21. The first-order chi connectivity index (χ1) is 12.9. The zero-order chi connectivity index (χ0) is 19.2. The van der Waals surface area contributed by atoms with Gasteiger partial charge >= 0.3 is 5.69 Å². The summed E-state index contributed by atoms with van der Waals surface area (Å²) in [6, 6.07) is 9.36. The SMILES string of the molecule is Cn1nc(CC2CCN(C(=O)C3CC3(F)F)CC2)n(-c2ccccc2)c1=O. The van der Waals surface area contributed by atoms with Crippen molar-refractivity contribution in [3.8, 4) is 5.69 Å². The van der Waals surface area contributed by atoms with Gasteiger partial charge in [0.1, 0.15) is 11.7 Å². The highest BCUT2D eigenvalue weighted by Crippen LogP contribution is 2.49. The zero-order valence-electron chi connectivity index (χ0n) is 15.1. The van der Waals surface area contributed by atoms with E-state index in [4.69, 9.17) is 0 Å². The lowest BCUT2D eigenvalue weighted by Gasteiger charge is -2.32. The third kappa shape index (κ3) is 3.40. The molecular formula is C19H22F2N4O2. The summed E-state index contributed by atoms with van der Waals surface area (Å²) in [7, 11) is 1.63. The Morgan fingerprint density at radius 3 is 2.44 bits per heavy atom. The molecule has 0 spiro atoms. The van der Waals surface area contributed by atoms with Crippen LogP contribution in [0.3, 0.4) is 0 Å². The van der Waals surface area contributed by atoms with E-state index in [0.29, 0.717) is 25.3 Å². The van der Waals surface area contributed by atoms with Crippen LogP contribution in [-0.4, -0.2) is 44.2 Å². The molecule has 144 valence electrons. The summed E-state index contributed by atoms with van der Waals surface area (Å²) in [5.41, 5.74) is 0.578. The molecule has 0 radical (unpaired) electrons. The van der Waals surface area contributed by atoms with E-state index in [1.807, 2.05) is 30.3 Å². The molecule has 1 saturated heterocycles. The van der Waals surface area contributed by atoms with Gasteiger partial charge in [-0.1, -0.05) is 18.2 Å². The molecule has 0 N–H and O–H groups in total. The van der Waals surface area contributed by atoms with Crippen molar-refractivity contribution in [2.45, 2.75) is 31.6 Å². The highest BCUT2D eigenvalue weighted by molar-refractivity contribution is 5.83. The molecule has 2 fully saturated rings. The van der Waals surface area contributed by atoms with Crippen LogP contribution in [0.5, 0.6) is 0 Å². The lowest BCUT2D eigenvalue weighted by molar-refractivity contribution is -0.136. The summed E-state index contributed by atoms with van der Waals surface area (Å²) in [5.74, 6) is -3.40. The minimum absolute atomic E-state index is 0.195. The molecule has 4 rings (SSSR count). The minimum Gasteiger partial charge on any atom is -0.342 e. The second-order valence-corrected chi connectivity index (χ2v) is 7.48. The number of aryl methyl sites for hydroxylation is 1. The number of carbonyl (C=O) groups is 1. The Hall–Kier alpha value is -2.51. The number of piperidine rings is 1. The molecule has 27 heavy (non-hydrogen) atoms. The topological polar surface area (TPSA) is 60.1 Å². The van der Waals surface area contributed by atoms with Crippen LogP contribution in [0.2, 0.25) is 0 Å². The molecule has 1 aromatic carbocycles. The Bertz CT molecular complexity index is 898. The van der Waals surface area contributed by atoms with Gasteiger partial charge < -0.3 is 4.90 Å². The Morgan fingerprint density at radius 1 is 1.22 bits per heavy atom. The zero-order valence-corrected chi connectivity index (χ0v) is 15.1. The first kappa shape index (κ1) is 17.9. The van der Waals surface area contributed by atoms with Crippen LogP contribution in [-0.2, 0) is 18.3 Å². The van der Waals surface area contributed by atoms with Crippen molar-refractivity contribution < 1.29 is 13.6 Å². The van der Waals surface area contributed by atoms with E-state index in [2.05, 4.69) is 5.10 Å². The fraction of sp³-hybridized carbons (Fsp3) is 0.526. The van der Waals surface area contributed by atoms with Gasteiger partial charge in [0.25, 0.3) is 5.92 Å². The summed E-state index contributed by atoms with van der Waals surface area (Å²) in [6.07, 6.45) is 1.75. The predicted octanol–water partition coefficient (Wildman–Crippen LogP) is 2.01. The molecular weight excluding hydrogens is 354 g/mol. The van der Waals surface area contributed by atoms with Crippen molar-refractivity contribution >= 4 is 5.91 Å². The average molecular weight is 376 g/mol. The molecule has 1 amide bonds. The van der Waals surface area contributed by atoms with Crippen LogP contribution in [0.15, 0.2) is 35.1 Å². The van der Waals surface area contributed by atoms with Gasteiger partial charge in [0.05, 0.1) is 5.69 Å². The van der Waals surface area contributed by atoms with E-state index in [1.54, 1.807) is 16.5 Å². The van der Waals surface area contributed by atoms with E-state index in [1.165, 1.54) is 4.68 Å². The number of benzene rings is 1. The van der Waals surface area contributed by atoms with Crippen molar-refractivity contribution in [3.05, 3.63) is 46.6 Å². The van der Waals surface area contributed by atoms with Crippen LogP contribution in [0, 0.1) is 11.8 Å². The molecule has 2 aromatic rings. The second-order valence-electron chi connectivity index (χ2n) is 7.48. The molecule has 8 heteroatoms. The van der Waals surface area contributed by atoms with Gasteiger partial charge in [-0.05, 0) is 30.9 Å². The molecule has 6 nitrogen and oxygen atoms in total. The fourth-order valence-electron chi connectivity index (χ4n) is 3.80. The van der Waals surface area contributed by atoms with Gasteiger partial charge in [-0.15, -0.1) is 0 Å². The van der Waals surface area contributed by atoms with Gasteiger partial charge in [0, 0.05) is 33.0 Å². The number of alkyl halides is 2. The van der Waals surface area contributed by atoms with Crippen molar-refractivity contribution in [1.82, 2.24) is 19.2 Å². The number of likely N-dealkylation sites (tertiary alicyclic amines) is 1. The van der Waals surface area contributed by atoms with Gasteiger partial charge in [0.2, 0.25) is 5.91 Å². The number of nitrogens with zero attached hydrogens (tertiary/aromatic N) is 4. The Morgan fingerprint density at radius 2 is 1.85 bits per heavy atom. The van der Waals surface area contributed by atoms with Crippen LogP contribution in [0.4, 0.5) is 8.78 Å². The largest absolute Gasteiger partial charge is 0.350 e.